The van der Waals surface area contributed by atoms with E-state index in [-0.39, 0.29) is 38.8 Å². The van der Waals surface area contributed by atoms with Crippen molar-refractivity contribution in [2.75, 3.05) is 32.8 Å². The van der Waals surface area contributed by atoms with Gasteiger partial charge in [0.25, 0.3) is 5.91 Å². The molecule has 0 aromatic heterocycles. The van der Waals surface area contributed by atoms with E-state index >= 15 is 0 Å². The SMILES string of the molecule is C[C@]1(c2ccccc2)NC(=O)N(C[NH+]2CCN(S(=O)(=O)c3c(F)cccc3F)CC2)C1=O. The number of urea groups is 1. The summed E-state index contributed by atoms with van der Waals surface area (Å²) >= 11 is 0. The molecule has 2 fully saturated rings. The van der Waals surface area contributed by atoms with E-state index in [1.54, 1.807) is 31.2 Å². The Morgan fingerprint density at radius 1 is 1.00 bits per heavy atom. The van der Waals surface area contributed by atoms with Crippen molar-refractivity contribution in [2.45, 2.75) is 17.4 Å². The molecule has 2 N–H and O–H groups in total. The Bertz CT molecular complexity index is 1130. The molecule has 4 rings (SSSR count). The molecule has 0 saturated carbocycles. The van der Waals surface area contributed by atoms with Gasteiger partial charge in [-0.3, -0.25) is 4.79 Å². The molecule has 0 spiro atoms. The summed E-state index contributed by atoms with van der Waals surface area (Å²) in [5.41, 5.74) is -0.510. The maximum atomic E-state index is 14.0. The van der Waals surface area contributed by atoms with Gasteiger partial charge in [0.1, 0.15) is 17.2 Å². The van der Waals surface area contributed by atoms with Crippen LogP contribution in [0, 0.1) is 11.6 Å². The third kappa shape index (κ3) is 3.76. The molecule has 2 aromatic carbocycles. The number of benzene rings is 2. The molecule has 11 heteroatoms. The lowest BCUT2D eigenvalue weighted by atomic mass is 9.92. The third-order valence-electron chi connectivity index (χ3n) is 5.95. The second-order valence-corrected chi connectivity index (χ2v) is 9.89. The summed E-state index contributed by atoms with van der Waals surface area (Å²) < 4.78 is 54.5. The van der Waals surface area contributed by atoms with Crippen molar-refractivity contribution in [1.82, 2.24) is 14.5 Å². The van der Waals surface area contributed by atoms with Crippen molar-refractivity contribution < 1.29 is 31.7 Å². The standard InChI is InChI=1S/C21H22F2N4O4S/c1-21(15-6-3-2-4-7-15)19(28)27(20(29)24-21)14-25-10-12-26(13-11-25)32(30,31)18-16(22)8-5-9-17(18)23/h2-9H,10-14H2,1H3,(H,24,29)/p+1/t21-/m1/s1. The normalized spacial score (nSPS) is 22.9. The molecule has 170 valence electrons. The topological polar surface area (TPSA) is 91.2 Å². The van der Waals surface area contributed by atoms with Gasteiger partial charge in [-0.2, -0.15) is 4.31 Å². The molecule has 3 amide bonds. The van der Waals surface area contributed by atoms with Gasteiger partial charge in [-0.15, -0.1) is 0 Å². The largest absolute Gasteiger partial charge is 0.329 e. The monoisotopic (exact) mass is 465 g/mol. The van der Waals surface area contributed by atoms with Crippen molar-refractivity contribution >= 4 is 22.0 Å². The van der Waals surface area contributed by atoms with Gasteiger partial charge in [-0.1, -0.05) is 36.4 Å². The molecule has 1 atom stereocenters. The molecular weight excluding hydrogens is 442 g/mol. The van der Waals surface area contributed by atoms with Crippen LogP contribution in [0.4, 0.5) is 13.6 Å². The highest BCUT2D eigenvalue weighted by Gasteiger charge is 2.50. The molecule has 2 heterocycles. The smallest absolute Gasteiger partial charge is 0.319 e. The summed E-state index contributed by atoms with van der Waals surface area (Å²) in [5, 5.41) is 2.74. The van der Waals surface area contributed by atoms with Crippen LogP contribution in [-0.2, 0) is 20.4 Å². The highest BCUT2D eigenvalue weighted by atomic mass is 32.2. The van der Waals surface area contributed by atoms with Crippen LogP contribution in [0.2, 0.25) is 0 Å². The molecule has 8 nitrogen and oxygen atoms in total. The first-order chi connectivity index (χ1) is 15.1. The fourth-order valence-corrected chi connectivity index (χ4v) is 5.64. The van der Waals surface area contributed by atoms with Gasteiger partial charge in [0.2, 0.25) is 10.0 Å². The number of amides is 3. The zero-order chi connectivity index (χ0) is 23.1. The molecule has 0 bridgehead atoms. The molecule has 0 aliphatic carbocycles. The summed E-state index contributed by atoms with van der Waals surface area (Å²) in [6.45, 7) is 2.26. The molecular formula is C21H23F2N4O4S+. The number of piperazine rings is 1. The number of halogens is 2. The molecule has 2 aromatic rings. The van der Waals surface area contributed by atoms with Crippen LogP contribution < -0.4 is 10.2 Å². The van der Waals surface area contributed by atoms with Crippen LogP contribution in [0.25, 0.3) is 0 Å². The number of imide groups is 1. The van der Waals surface area contributed by atoms with E-state index in [1.165, 1.54) is 0 Å². The number of rotatable bonds is 5. The number of nitrogens with one attached hydrogen (secondary N) is 2. The summed E-state index contributed by atoms with van der Waals surface area (Å²) in [6.07, 6.45) is 0. The van der Waals surface area contributed by atoms with Crippen molar-refractivity contribution in [1.29, 1.82) is 0 Å². The average Bonchev–Trinajstić information content (AvgIpc) is 2.98. The predicted octanol–water partition coefficient (Wildman–Crippen LogP) is 0.279. The summed E-state index contributed by atoms with van der Waals surface area (Å²) in [6, 6.07) is 11.3. The van der Waals surface area contributed by atoms with Crippen LogP contribution >= 0.6 is 0 Å². The minimum atomic E-state index is -4.34. The van der Waals surface area contributed by atoms with E-state index in [1.807, 2.05) is 6.07 Å². The zero-order valence-corrected chi connectivity index (χ0v) is 18.2. The number of hydrogen-bond donors (Lipinski definition) is 2. The Balaban J connectivity index is 1.43. The lowest BCUT2D eigenvalue weighted by Gasteiger charge is -2.33. The first-order valence-electron chi connectivity index (χ1n) is 10.1. The Hall–Kier alpha value is -2.89. The van der Waals surface area contributed by atoms with Gasteiger partial charge in [-0.25, -0.2) is 26.9 Å². The third-order valence-corrected chi connectivity index (χ3v) is 7.91. The van der Waals surface area contributed by atoms with Crippen LogP contribution in [0.3, 0.4) is 0 Å². The Morgan fingerprint density at radius 2 is 1.59 bits per heavy atom. The van der Waals surface area contributed by atoms with E-state index in [0.29, 0.717) is 5.56 Å². The Morgan fingerprint density at radius 3 is 2.19 bits per heavy atom. The molecule has 32 heavy (non-hydrogen) atoms. The van der Waals surface area contributed by atoms with Crippen molar-refractivity contribution in [3.8, 4) is 0 Å². The summed E-state index contributed by atoms with van der Waals surface area (Å²) in [7, 11) is -4.34. The van der Waals surface area contributed by atoms with Crippen LogP contribution in [0.1, 0.15) is 12.5 Å². The van der Waals surface area contributed by atoms with Gasteiger partial charge in [-0.05, 0) is 24.6 Å². The second-order valence-electron chi connectivity index (χ2n) is 8.02. The number of carbonyl (C=O) groups is 2. The first-order valence-corrected chi connectivity index (χ1v) is 11.6. The van der Waals surface area contributed by atoms with Crippen LogP contribution in [-0.4, -0.2) is 62.4 Å². The van der Waals surface area contributed by atoms with Gasteiger partial charge in [0.15, 0.2) is 11.6 Å². The van der Waals surface area contributed by atoms with E-state index in [2.05, 4.69) is 5.32 Å². The average molecular weight is 466 g/mol. The van der Waals surface area contributed by atoms with Crippen molar-refractivity contribution in [2.24, 2.45) is 0 Å². The molecule has 0 unspecified atom stereocenters. The van der Waals surface area contributed by atoms with E-state index in [9.17, 15) is 26.8 Å². The van der Waals surface area contributed by atoms with Crippen LogP contribution in [0.15, 0.2) is 53.4 Å². The van der Waals surface area contributed by atoms with Crippen molar-refractivity contribution in [3.05, 3.63) is 65.7 Å². The predicted molar refractivity (Wildman–Crippen MR) is 110 cm³/mol. The Labute approximate surface area is 184 Å². The maximum absolute atomic E-state index is 14.0. The number of nitrogens with zero attached hydrogens (tertiary/aromatic N) is 2. The highest BCUT2D eigenvalue weighted by Crippen LogP contribution is 2.28. The zero-order valence-electron chi connectivity index (χ0n) is 17.3. The summed E-state index contributed by atoms with van der Waals surface area (Å²) in [4.78, 5) is 26.5. The number of sulfonamides is 1. The number of hydrogen-bond acceptors (Lipinski definition) is 4. The minimum absolute atomic E-state index is 0.00500. The van der Waals surface area contributed by atoms with Crippen molar-refractivity contribution in [3.63, 3.8) is 0 Å². The van der Waals surface area contributed by atoms with E-state index in [0.717, 1.165) is 32.3 Å². The summed E-state index contributed by atoms with van der Waals surface area (Å²) in [5.74, 6) is -2.66. The second kappa shape index (κ2) is 8.23. The van der Waals surface area contributed by atoms with Gasteiger partial charge >= 0.3 is 6.03 Å². The number of carbonyl (C=O) groups excluding carboxylic acids is 2. The quantitative estimate of drug-likeness (QED) is 0.621. The molecule has 2 aliphatic heterocycles. The minimum Gasteiger partial charge on any atom is -0.319 e. The fraction of sp³-hybridized carbons (Fsp3) is 0.333. The highest BCUT2D eigenvalue weighted by molar-refractivity contribution is 7.89. The molecule has 2 aliphatic rings. The van der Waals surface area contributed by atoms with Gasteiger partial charge in [0, 0.05) is 0 Å². The fourth-order valence-electron chi connectivity index (χ4n) is 4.09. The molecule has 2 saturated heterocycles. The first kappa shape index (κ1) is 22.3. The van der Waals surface area contributed by atoms with Crippen LogP contribution in [0.5, 0.6) is 0 Å². The van der Waals surface area contributed by atoms with Gasteiger partial charge < -0.3 is 10.2 Å². The Kier molecular flexibility index (Phi) is 5.74. The lowest BCUT2D eigenvalue weighted by molar-refractivity contribution is -0.910. The van der Waals surface area contributed by atoms with Gasteiger partial charge in [0.05, 0.1) is 26.2 Å². The van der Waals surface area contributed by atoms with E-state index < -0.39 is 38.1 Å². The van der Waals surface area contributed by atoms with E-state index in [4.69, 9.17) is 0 Å². The maximum Gasteiger partial charge on any atom is 0.329 e. The number of quaternary nitrogens is 1. The molecule has 0 radical (unpaired) electrons. The lowest BCUT2D eigenvalue weighted by Crippen LogP contribution is -3.16.